The molecule has 5 nitrogen and oxygen atoms in total. The molecule has 2 rings (SSSR count). The van der Waals surface area contributed by atoms with Crippen LogP contribution in [0.2, 0.25) is 0 Å². The van der Waals surface area contributed by atoms with Gasteiger partial charge in [-0.05, 0) is 30.2 Å². The number of rotatable bonds is 7. The van der Waals surface area contributed by atoms with Gasteiger partial charge in [0.15, 0.2) is 0 Å². The molecule has 2 aromatic rings. The van der Waals surface area contributed by atoms with Crippen LogP contribution in [0.4, 0.5) is 0 Å². The van der Waals surface area contributed by atoms with Gasteiger partial charge in [-0.3, -0.25) is 4.79 Å². The molecule has 0 saturated carbocycles. The van der Waals surface area contributed by atoms with E-state index in [-0.39, 0.29) is 16.8 Å². The summed E-state index contributed by atoms with van der Waals surface area (Å²) >= 11 is 0. The van der Waals surface area contributed by atoms with Crippen molar-refractivity contribution < 1.29 is 13.2 Å². The first-order chi connectivity index (χ1) is 11.9. The van der Waals surface area contributed by atoms with Crippen molar-refractivity contribution in [2.24, 2.45) is 0 Å². The SMILES string of the molecule is CCC[C@@H](NC(=O)c1cccc(S(=O)(=O)N(C)C)c1)c1ccccc1. The molecule has 0 aliphatic carbocycles. The summed E-state index contributed by atoms with van der Waals surface area (Å²) < 4.78 is 25.6. The topological polar surface area (TPSA) is 66.5 Å². The fourth-order valence-electron chi connectivity index (χ4n) is 2.55. The fraction of sp³-hybridized carbons (Fsp3) is 0.316. The predicted molar refractivity (Wildman–Crippen MR) is 98.9 cm³/mol. The Labute approximate surface area is 149 Å². The zero-order valence-corrected chi connectivity index (χ0v) is 15.6. The summed E-state index contributed by atoms with van der Waals surface area (Å²) in [5.41, 5.74) is 1.37. The monoisotopic (exact) mass is 360 g/mol. The Balaban J connectivity index is 2.25. The van der Waals surface area contributed by atoms with Gasteiger partial charge in [-0.1, -0.05) is 49.7 Å². The molecule has 0 heterocycles. The van der Waals surface area contributed by atoms with E-state index in [1.165, 1.54) is 26.2 Å². The lowest BCUT2D eigenvalue weighted by Crippen LogP contribution is -2.29. The van der Waals surface area contributed by atoms with Crippen LogP contribution in [0.25, 0.3) is 0 Å². The Hall–Kier alpha value is -2.18. The largest absolute Gasteiger partial charge is 0.345 e. The summed E-state index contributed by atoms with van der Waals surface area (Å²) in [5.74, 6) is -0.280. The van der Waals surface area contributed by atoms with Crippen molar-refractivity contribution in [3.8, 4) is 0 Å². The lowest BCUT2D eigenvalue weighted by molar-refractivity contribution is 0.0934. The van der Waals surface area contributed by atoms with Crippen molar-refractivity contribution >= 4 is 15.9 Å². The summed E-state index contributed by atoms with van der Waals surface area (Å²) in [6.07, 6.45) is 1.74. The molecule has 0 fully saturated rings. The third-order valence-corrected chi connectivity index (χ3v) is 5.77. The van der Waals surface area contributed by atoms with Gasteiger partial charge in [0, 0.05) is 19.7 Å². The second-order valence-corrected chi connectivity index (χ2v) is 8.19. The van der Waals surface area contributed by atoms with Crippen molar-refractivity contribution in [3.05, 3.63) is 65.7 Å². The van der Waals surface area contributed by atoms with Gasteiger partial charge in [0.25, 0.3) is 5.91 Å². The number of carbonyl (C=O) groups is 1. The molecule has 6 heteroatoms. The molecule has 0 radical (unpaired) electrons. The number of benzene rings is 2. The second kappa shape index (κ2) is 8.27. The molecule has 134 valence electrons. The third kappa shape index (κ3) is 4.67. The first kappa shape index (κ1) is 19.1. The van der Waals surface area contributed by atoms with E-state index in [1.807, 2.05) is 30.3 Å². The van der Waals surface area contributed by atoms with Crippen molar-refractivity contribution in [2.45, 2.75) is 30.7 Å². The quantitative estimate of drug-likeness (QED) is 0.824. The van der Waals surface area contributed by atoms with Gasteiger partial charge in [-0.15, -0.1) is 0 Å². The highest BCUT2D eigenvalue weighted by molar-refractivity contribution is 7.89. The molecule has 1 N–H and O–H groups in total. The van der Waals surface area contributed by atoms with Crippen molar-refractivity contribution in [1.82, 2.24) is 9.62 Å². The van der Waals surface area contributed by atoms with E-state index in [0.29, 0.717) is 5.56 Å². The number of hydrogen-bond donors (Lipinski definition) is 1. The molecule has 0 saturated heterocycles. The minimum atomic E-state index is -3.57. The normalized spacial score (nSPS) is 12.8. The van der Waals surface area contributed by atoms with E-state index in [2.05, 4.69) is 12.2 Å². The first-order valence-electron chi connectivity index (χ1n) is 8.24. The lowest BCUT2D eigenvalue weighted by Gasteiger charge is -2.19. The molecule has 2 aromatic carbocycles. The summed E-state index contributed by atoms with van der Waals surface area (Å²) in [6, 6.07) is 15.8. The molecule has 0 aliphatic rings. The van der Waals surface area contributed by atoms with Crippen LogP contribution in [-0.4, -0.2) is 32.7 Å². The number of nitrogens with one attached hydrogen (secondary N) is 1. The number of carbonyl (C=O) groups excluding carboxylic acids is 1. The molecule has 0 aliphatic heterocycles. The van der Waals surface area contributed by atoms with Crippen LogP contribution < -0.4 is 5.32 Å². The summed E-state index contributed by atoms with van der Waals surface area (Å²) in [4.78, 5) is 12.7. The maximum atomic E-state index is 12.6. The fourth-order valence-corrected chi connectivity index (χ4v) is 3.49. The molecule has 0 spiro atoms. The van der Waals surface area contributed by atoms with Crippen LogP contribution in [0.15, 0.2) is 59.5 Å². The summed E-state index contributed by atoms with van der Waals surface area (Å²) in [7, 11) is -0.636. The van der Waals surface area contributed by atoms with Gasteiger partial charge >= 0.3 is 0 Å². The molecule has 25 heavy (non-hydrogen) atoms. The van der Waals surface area contributed by atoms with Crippen LogP contribution in [-0.2, 0) is 10.0 Å². The van der Waals surface area contributed by atoms with Gasteiger partial charge in [0.2, 0.25) is 10.0 Å². The zero-order valence-electron chi connectivity index (χ0n) is 14.8. The van der Waals surface area contributed by atoms with Crippen molar-refractivity contribution in [3.63, 3.8) is 0 Å². The van der Waals surface area contributed by atoms with Gasteiger partial charge in [0.1, 0.15) is 0 Å². The number of sulfonamides is 1. The smallest absolute Gasteiger partial charge is 0.251 e. The van der Waals surface area contributed by atoms with E-state index in [1.54, 1.807) is 12.1 Å². The Morgan fingerprint density at radius 2 is 1.76 bits per heavy atom. The van der Waals surface area contributed by atoms with Crippen LogP contribution in [0.5, 0.6) is 0 Å². The Bertz CT molecular complexity index is 818. The van der Waals surface area contributed by atoms with Gasteiger partial charge in [0.05, 0.1) is 10.9 Å². The Kier molecular flexibility index (Phi) is 6.33. The van der Waals surface area contributed by atoms with E-state index < -0.39 is 10.0 Å². The molecule has 0 aromatic heterocycles. The van der Waals surface area contributed by atoms with Crippen LogP contribution >= 0.6 is 0 Å². The molecule has 0 bridgehead atoms. The number of nitrogens with zero attached hydrogens (tertiary/aromatic N) is 1. The molecular formula is C19H24N2O3S. The minimum Gasteiger partial charge on any atom is -0.345 e. The standard InChI is InChI=1S/C19H24N2O3S/c1-4-9-18(15-10-6-5-7-11-15)20-19(22)16-12-8-13-17(14-16)25(23,24)21(2)3/h5-8,10-14,18H,4,9H2,1-3H3,(H,20,22)/t18-/m1/s1. The number of hydrogen-bond acceptors (Lipinski definition) is 3. The van der Waals surface area contributed by atoms with Gasteiger partial charge < -0.3 is 5.32 Å². The highest BCUT2D eigenvalue weighted by atomic mass is 32.2. The van der Waals surface area contributed by atoms with Crippen molar-refractivity contribution in [1.29, 1.82) is 0 Å². The Morgan fingerprint density at radius 3 is 2.36 bits per heavy atom. The average Bonchev–Trinajstić information content (AvgIpc) is 2.62. The van der Waals surface area contributed by atoms with E-state index >= 15 is 0 Å². The van der Waals surface area contributed by atoms with Crippen molar-refractivity contribution in [2.75, 3.05) is 14.1 Å². The van der Waals surface area contributed by atoms with E-state index in [0.717, 1.165) is 22.7 Å². The molecule has 1 amide bonds. The summed E-state index contributed by atoms with van der Waals surface area (Å²) in [6.45, 7) is 2.06. The first-order valence-corrected chi connectivity index (χ1v) is 9.68. The van der Waals surface area contributed by atoms with Crippen LogP contribution in [0.1, 0.15) is 41.7 Å². The molecular weight excluding hydrogens is 336 g/mol. The summed E-state index contributed by atoms with van der Waals surface area (Å²) in [5, 5.41) is 3.01. The maximum Gasteiger partial charge on any atom is 0.251 e. The second-order valence-electron chi connectivity index (χ2n) is 6.04. The van der Waals surface area contributed by atoms with E-state index in [4.69, 9.17) is 0 Å². The predicted octanol–water partition coefficient (Wildman–Crippen LogP) is 3.21. The van der Waals surface area contributed by atoms with Crippen LogP contribution in [0, 0.1) is 0 Å². The Morgan fingerprint density at radius 1 is 1.08 bits per heavy atom. The van der Waals surface area contributed by atoms with Gasteiger partial charge in [-0.2, -0.15) is 0 Å². The average molecular weight is 360 g/mol. The minimum absolute atomic E-state index is 0.104. The van der Waals surface area contributed by atoms with Gasteiger partial charge in [-0.25, -0.2) is 12.7 Å². The lowest BCUT2D eigenvalue weighted by atomic mass is 10.0. The molecule has 1 atom stereocenters. The highest BCUT2D eigenvalue weighted by Gasteiger charge is 2.20. The highest BCUT2D eigenvalue weighted by Crippen LogP contribution is 2.20. The zero-order chi connectivity index (χ0) is 18.4. The van der Waals surface area contributed by atoms with E-state index in [9.17, 15) is 13.2 Å². The third-order valence-electron chi connectivity index (χ3n) is 3.96. The number of amides is 1. The maximum absolute atomic E-state index is 12.6. The van der Waals surface area contributed by atoms with Crippen LogP contribution in [0.3, 0.4) is 0 Å². The molecule has 0 unspecified atom stereocenters.